The van der Waals surface area contributed by atoms with E-state index in [0.29, 0.717) is 11.5 Å². The van der Waals surface area contributed by atoms with Gasteiger partial charge in [-0.25, -0.2) is 0 Å². The topological polar surface area (TPSA) is 40.5 Å². The van der Waals surface area contributed by atoms with Crippen LogP contribution in [0.15, 0.2) is 36.4 Å². The molecule has 0 saturated heterocycles. The average molecular weight is 372 g/mol. The molecule has 0 aliphatic carbocycles. The smallest absolute Gasteiger partial charge is 0.123 e. The van der Waals surface area contributed by atoms with E-state index >= 15 is 0 Å². The van der Waals surface area contributed by atoms with Gasteiger partial charge in [0.2, 0.25) is 0 Å². The molecule has 0 atom stereocenters. The van der Waals surface area contributed by atoms with Gasteiger partial charge in [0, 0.05) is 10.6 Å². The molecule has 0 spiro atoms. The van der Waals surface area contributed by atoms with Crippen molar-refractivity contribution < 1.29 is 10.2 Å². The second-order valence-electron chi connectivity index (χ2n) is 9.06. The Kier molecular flexibility index (Phi) is 6.08. The highest BCUT2D eigenvalue weighted by Gasteiger charge is 2.24. The fraction of sp³-hybridized carbons (Fsp3) is 0.478. The molecule has 0 aliphatic rings. The molecule has 0 unspecified atom stereocenters. The number of hydrogen-bond donors (Lipinski definition) is 2. The fourth-order valence-electron chi connectivity index (χ4n) is 3.01. The standard InChI is InChI=1S/C23H33O2P/c1-8-13-26(20-14-16(22(2,3)4)9-11-18(20)24)21-15-17(23(5,6)7)10-12-19(21)25/h9-12,14-15,24-25H,8,13H2,1-7H3. The Bertz CT molecular complexity index is 703. The van der Waals surface area contributed by atoms with E-state index in [1.165, 1.54) is 11.1 Å². The monoisotopic (exact) mass is 372 g/mol. The van der Waals surface area contributed by atoms with Crippen LogP contribution in [0.1, 0.15) is 66.0 Å². The number of aromatic hydroxyl groups is 2. The largest absolute Gasteiger partial charge is 0.507 e. The molecule has 26 heavy (non-hydrogen) atoms. The third-order valence-corrected chi connectivity index (χ3v) is 7.49. The van der Waals surface area contributed by atoms with Crippen molar-refractivity contribution in [2.75, 3.05) is 6.16 Å². The van der Waals surface area contributed by atoms with Crippen molar-refractivity contribution in [1.29, 1.82) is 0 Å². The Hall–Kier alpha value is -1.53. The third-order valence-electron chi connectivity index (χ3n) is 4.71. The van der Waals surface area contributed by atoms with E-state index in [-0.39, 0.29) is 10.8 Å². The molecule has 0 saturated carbocycles. The van der Waals surface area contributed by atoms with Gasteiger partial charge in [0.25, 0.3) is 0 Å². The Morgan fingerprint density at radius 1 is 0.731 bits per heavy atom. The number of rotatable bonds is 4. The molecule has 0 bridgehead atoms. The highest BCUT2D eigenvalue weighted by Crippen LogP contribution is 2.42. The first-order valence-corrected chi connectivity index (χ1v) is 10.9. The van der Waals surface area contributed by atoms with Gasteiger partial charge in [-0.05, 0) is 60.3 Å². The van der Waals surface area contributed by atoms with Crippen LogP contribution in [0.5, 0.6) is 11.5 Å². The van der Waals surface area contributed by atoms with Gasteiger partial charge in [-0.3, -0.25) is 0 Å². The second-order valence-corrected chi connectivity index (χ2v) is 11.3. The summed E-state index contributed by atoms with van der Waals surface area (Å²) in [6, 6.07) is 11.9. The quantitative estimate of drug-likeness (QED) is 0.692. The van der Waals surface area contributed by atoms with E-state index in [1.807, 2.05) is 24.3 Å². The van der Waals surface area contributed by atoms with Crippen LogP contribution in [-0.2, 0) is 10.8 Å². The third kappa shape index (κ3) is 4.60. The number of phenolic OH excluding ortho intramolecular Hbond substituents is 2. The molecule has 2 rings (SSSR count). The molecule has 2 aromatic carbocycles. The van der Waals surface area contributed by atoms with Crippen molar-refractivity contribution >= 4 is 18.5 Å². The average Bonchev–Trinajstić information content (AvgIpc) is 2.52. The molecular weight excluding hydrogens is 339 g/mol. The van der Waals surface area contributed by atoms with Crippen LogP contribution < -0.4 is 10.6 Å². The number of benzene rings is 2. The van der Waals surface area contributed by atoms with E-state index in [9.17, 15) is 10.2 Å². The zero-order chi connectivity index (χ0) is 19.7. The molecule has 2 N–H and O–H groups in total. The van der Waals surface area contributed by atoms with Crippen molar-refractivity contribution in [3.63, 3.8) is 0 Å². The summed E-state index contributed by atoms with van der Waals surface area (Å²) < 4.78 is 0. The molecule has 0 aromatic heterocycles. The van der Waals surface area contributed by atoms with Gasteiger partial charge in [-0.1, -0.05) is 67.0 Å². The SMILES string of the molecule is CCCP(c1cc(C(C)(C)C)ccc1O)c1cc(C(C)(C)C)ccc1O. The van der Waals surface area contributed by atoms with Gasteiger partial charge in [0.15, 0.2) is 0 Å². The van der Waals surface area contributed by atoms with Crippen LogP contribution >= 0.6 is 7.92 Å². The Balaban J connectivity index is 2.64. The molecular formula is C23H33O2P. The van der Waals surface area contributed by atoms with Crippen LogP contribution in [0.2, 0.25) is 0 Å². The van der Waals surface area contributed by atoms with Gasteiger partial charge in [0.05, 0.1) is 0 Å². The molecule has 3 heteroatoms. The number of phenols is 2. The van der Waals surface area contributed by atoms with Crippen molar-refractivity contribution in [3.8, 4) is 11.5 Å². The lowest BCUT2D eigenvalue weighted by molar-refractivity contribution is 0.478. The minimum Gasteiger partial charge on any atom is -0.507 e. The lowest BCUT2D eigenvalue weighted by Gasteiger charge is -2.26. The maximum Gasteiger partial charge on any atom is 0.123 e. The predicted molar refractivity (Wildman–Crippen MR) is 115 cm³/mol. The maximum absolute atomic E-state index is 10.6. The normalized spacial score (nSPS) is 12.6. The molecule has 0 heterocycles. The van der Waals surface area contributed by atoms with Gasteiger partial charge in [-0.15, -0.1) is 0 Å². The van der Waals surface area contributed by atoms with Gasteiger partial charge in [-0.2, -0.15) is 0 Å². The number of hydrogen-bond acceptors (Lipinski definition) is 2. The summed E-state index contributed by atoms with van der Waals surface area (Å²) in [5.41, 5.74) is 2.45. The first kappa shape index (κ1) is 20.8. The van der Waals surface area contributed by atoms with Crippen LogP contribution in [0, 0.1) is 0 Å². The maximum atomic E-state index is 10.6. The van der Waals surface area contributed by atoms with Crippen molar-refractivity contribution in [1.82, 2.24) is 0 Å². The van der Waals surface area contributed by atoms with Gasteiger partial charge >= 0.3 is 0 Å². The Labute approximate surface area is 160 Å². The summed E-state index contributed by atoms with van der Waals surface area (Å²) in [6.07, 6.45) is 1.95. The highest BCUT2D eigenvalue weighted by molar-refractivity contribution is 7.73. The molecule has 0 amide bonds. The summed E-state index contributed by atoms with van der Waals surface area (Å²) in [5.74, 6) is 0.663. The molecule has 0 aliphatic heterocycles. The van der Waals surface area contributed by atoms with E-state index < -0.39 is 7.92 Å². The van der Waals surface area contributed by atoms with Crippen molar-refractivity contribution in [2.24, 2.45) is 0 Å². The lowest BCUT2D eigenvalue weighted by atomic mass is 9.87. The second kappa shape index (κ2) is 7.61. The highest BCUT2D eigenvalue weighted by atomic mass is 31.1. The van der Waals surface area contributed by atoms with Crippen LogP contribution in [-0.4, -0.2) is 16.4 Å². The minimum absolute atomic E-state index is 0.0188. The van der Waals surface area contributed by atoms with Crippen molar-refractivity contribution in [2.45, 2.75) is 65.7 Å². The molecule has 2 nitrogen and oxygen atoms in total. The first-order chi connectivity index (χ1) is 11.9. The van der Waals surface area contributed by atoms with Crippen LogP contribution in [0.4, 0.5) is 0 Å². The van der Waals surface area contributed by atoms with E-state index in [2.05, 4.69) is 60.6 Å². The van der Waals surface area contributed by atoms with Crippen LogP contribution in [0.25, 0.3) is 0 Å². The van der Waals surface area contributed by atoms with Crippen LogP contribution in [0.3, 0.4) is 0 Å². The van der Waals surface area contributed by atoms with E-state index in [4.69, 9.17) is 0 Å². The Morgan fingerprint density at radius 3 is 1.42 bits per heavy atom. The first-order valence-electron chi connectivity index (χ1n) is 9.39. The Morgan fingerprint density at radius 2 is 1.12 bits per heavy atom. The zero-order valence-electron chi connectivity index (χ0n) is 17.2. The predicted octanol–water partition coefficient (Wildman–Crippen LogP) is 5.54. The lowest BCUT2D eigenvalue weighted by Crippen LogP contribution is -2.21. The van der Waals surface area contributed by atoms with Crippen molar-refractivity contribution in [3.05, 3.63) is 47.5 Å². The molecule has 2 aromatic rings. The van der Waals surface area contributed by atoms with E-state index in [0.717, 1.165) is 23.2 Å². The summed E-state index contributed by atoms with van der Waals surface area (Å²) in [5, 5.41) is 23.2. The molecule has 0 fully saturated rings. The summed E-state index contributed by atoms with van der Waals surface area (Å²) in [6.45, 7) is 15.3. The zero-order valence-corrected chi connectivity index (χ0v) is 18.1. The summed E-state index contributed by atoms with van der Waals surface area (Å²) in [7, 11) is -0.819. The summed E-state index contributed by atoms with van der Waals surface area (Å²) >= 11 is 0. The summed E-state index contributed by atoms with van der Waals surface area (Å²) in [4.78, 5) is 0. The molecule has 142 valence electrons. The molecule has 0 radical (unpaired) electrons. The fourth-order valence-corrected chi connectivity index (χ4v) is 5.49. The van der Waals surface area contributed by atoms with Gasteiger partial charge in [0.1, 0.15) is 11.5 Å². The van der Waals surface area contributed by atoms with Gasteiger partial charge < -0.3 is 10.2 Å². The van der Waals surface area contributed by atoms with E-state index in [1.54, 1.807) is 0 Å². The minimum atomic E-state index is -0.819.